The lowest BCUT2D eigenvalue weighted by Gasteiger charge is -2.26. The summed E-state index contributed by atoms with van der Waals surface area (Å²) in [6, 6.07) is 64.3. The minimum atomic E-state index is -1.30. The molecule has 5 heterocycles. The van der Waals surface area contributed by atoms with Crippen molar-refractivity contribution in [1.82, 2.24) is 0 Å². The lowest BCUT2D eigenvalue weighted by molar-refractivity contribution is -0.661. The molecule has 0 aliphatic rings. The van der Waals surface area contributed by atoms with E-state index in [1.165, 1.54) is 114 Å². The van der Waals surface area contributed by atoms with Crippen molar-refractivity contribution in [2.45, 2.75) is 160 Å². The van der Waals surface area contributed by atoms with Gasteiger partial charge in [0.25, 0.3) is 0 Å². The molecule has 0 bridgehead atoms. The van der Waals surface area contributed by atoms with Crippen LogP contribution in [-0.4, -0.2) is 0 Å². The Morgan fingerprint density at radius 3 is 0.934 bits per heavy atom. The SMILES string of the molecule is CCC(C)(CC)c1ccc(-c2ccccc2C)[n+](C)c1.Cc1ccccc1-c1ccc(C(C)(C)C)c[n+]1C.Cc1ccccc1-c1ccc(C(C)C)c[n+]1C.Cc1ccccc1-c1ccc(CC(C)C)c[n+]1C.[2H]C([2H])(c1ccc(-c2ccccc2C)[n+](C)c1)C(C)C. The van der Waals surface area contributed by atoms with Gasteiger partial charge in [-0.1, -0.05) is 174 Å². The maximum Gasteiger partial charge on any atom is 0.212 e. The molecule has 0 aliphatic heterocycles. The molecule has 476 valence electrons. The van der Waals surface area contributed by atoms with Crippen molar-refractivity contribution in [3.05, 3.63) is 269 Å². The summed E-state index contributed by atoms with van der Waals surface area (Å²) < 4.78 is 27.3. The van der Waals surface area contributed by atoms with Gasteiger partial charge in [-0.15, -0.1) is 0 Å². The number of pyridine rings is 5. The molecule has 0 unspecified atom stereocenters. The van der Waals surface area contributed by atoms with Crippen molar-refractivity contribution in [1.29, 1.82) is 0 Å². The minimum Gasteiger partial charge on any atom is -0.201 e. The van der Waals surface area contributed by atoms with Crippen LogP contribution in [0.25, 0.3) is 56.3 Å². The van der Waals surface area contributed by atoms with E-state index in [2.05, 4.69) is 333 Å². The van der Waals surface area contributed by atoms with E-state index in [1.807, 2.05) is 55.9 Å². The summed E-state index contributed by atoms with van der Waals surface area (Å²) in [7, 11) is 10.5. The van der Waals surface area contributed by atoms with E-state index in [0.29, 0.717) is 11.8 Å². The first-order valence-electron chi connectivity index (χ1n) is 34.2. The summed E-state index contributed by atoms with van der Waals surface area (Å²) in [5.41, 5.74) is 25.9. The molecular weight excluding hydrogens is 1100 g/mol. The van der Waals surface area contributed by atoms with Crippen molar-refractivity contribution in [2.24, 2.45) is 47.1 Å². The molecular formula is C86H112N5+5. The van der Waals surface area contributed by atoms with Gasteiger partial charge in [0, 0.05) is 88.7 Å². The van der Waals surface area contributed by atoms with Crippen LogP contribution < -0.4 is 22.8 Å². The molecule has 0 amide bonds. The van der Waals surface area contributed by atoms with Gasteiger partial charge in [-0.3, -0.25) is 0 Å². The van der Waals surface area contributed by atoms with Crippen molar-refractivity contribution in [3.8, 4) is 56.3 Å². The zero-order valence-electron chi connectivity index (χ0n) is 61.8. The molecule has 0 spiro atoms. The summed E-state index contributed by atoms with van der Waals surface area (Å²) in [6.45, 7) is 37.2. The van der Waals surface area contributed by atoms with Crippen molar-refractivity contribution < 1.29 is 25.6 Å². The third kappa shape index (κ3) is 19.9. The van der Waals surface area contributed by atoms with E-state index in [0.717, 1.165) is 17.7 Å². The van der Waals surface area contributed by atoms with E-state index in [9.17, 15) is 0 Å². The predicted octanol–water partition coefficient (Wildman–Crippen LogP) is 19.3. The van der Waals surface area contributed by atoms with Crippen LogP contribution >= 0.6 is 0 Å². The molecule has 0 saturated carbocycles. The fraction of sp³-hybridized carbons (Fsp3) is 0.360. The first-order valence-corrected chi connectivity index (χ1v) is 33.2. The van der Waals surface area contributed by atoms with Crippen molar-refractivity contribution in [3.63, 3.8) is 0 Å². The monoisotopic (exact) mass is 1220 g/mol. The van der Waals surface area contributed by atoms with Crippen LogP contribution in [0.15, 0.2) is 213 Å². The lowest BCUT2D eigenvalue weighted by Crippen LogP contribution is -2.34. The van der Waals surface area contributed by atoms with Gasteiger partial charge in [-0.25, -0.2) is 22.8 Å². The van der Waals surface area contributed by atoms with Gasteiger partial charge in [0.1, 0.15) is 35.2 Å². The van der Waals surface area contributed by atoms with E-state index in [4.69, 9.17) is 2.74 Å². The summed E-state index contributed by atoms with van der Waals surface area (Å²) in [6.07, 6.45) is 13.1. The number of aromatic nitrogens is 5. The van der Waals surface area contributed by atoms with Crippen molar-refractivity contribution in [2.75, 3.05) is 0 Å². The average molecular weight is 1220 g/mol. The molecule has 0 fully saturated rings. The normalized spacial score (nSPS) is 11.7. The van der Waals surface area contributed by atoms with E-state index >= 15 is 0 Å². The Morgan fingerprint density at radius 2 is 0.637 bits per heavy atom. The third-order valence-electron chi connectivity index (χ3n) is 17.7. The highest BCUT2D eigenvalue weighted by Crippen LogP contribution is 2.32. The third-order valence-corrected chi connectivity index (χ3v) is 17.7. The number of aryl methyl sites for hydroxylation is 10. The molecule has 0 N–H and O–H groups in total. The summed E-state index contributed by atoms with van der Waals surface area (Å²) in [4.78, 5) is 0. The average Bonchev–Trinajstić information content (AvgIpc) is 0.853. The number of hydrogen-bond donors (Lipinski definition) is 0. The quantitative estimate of drug-likeness (QED) is 0.103. The fourth-order valence-electron chi connectivity index (χ4n) is 11.6. The molecule has 0 atom stereocenters. The Hall–Kier alpha value is -8.15. The van der Waals surface area contributed by atoms with Crippen LogP contribution in [0.2, 0.25) is 0 Å². The Labute approximate surface area is 554 Å². The predicted molar refractivity (Wildman–Crippen MR) is 387 cm³/mol. The maximum absolute atomic E-state index is 8.19. The van der Waals surface area contributed by atoms with Gasteiger partial charge < -0.3 is 0 Å². The highest BCUT2D eigenvalue weighted by Gasteiger charge is 2.26. The molecule has 5 aromatic carbocycles. The molecule has 0 radical (unpaired) electrons. The van der Waals surface area contributed by atoms with Crippen LogP contribution in [0.4, 0.5) is 0 Å². The van der Waals surface area contributed by atoms with Gasteiger partial charge in [-0.05, 0) is 177 Å². The molecule has 5 heteroatoms. The van der Waals surface area contributed by atoms with Gasteiger partial charge >= 0.3 is 0 Å². The lowest BCUT2D eigenvalue weighted by atomic mass is 9.78. The molecule has 0 aliphatic carbocycles. The first-order chi connectivity index (χ1) is 43.9. The van der Waals surface area contributed by atoms with Crippen LogP contribution in [0, 0.1) is 46.5 Å². The Bertz CT molecular complexity index is 3970. The van der Waals surface area contributed by atoms with Crippen LogP contribution in [-0.2, 0) is 58.9 Å². The Morgan fingerprint density at radius 1 is 0.341 bits per heavy atom. The highest BCUT2D eigenvalue weighted by atomic mass is 14.9. The number of hydrogen-bond acceptors (Lipinski definition) is 0. The molecule has 5 aromatic heterocycles. The summed E-state index contributed by atoms with van der Waals surface area (Å²) in [5.74, 6) is 1.23. The van der Waals surface area contributed by atoms with Crippen molar-refractivity contribution >= 4 is 0 Å². The molecule has 10 aromatic rings. The highest BCUT2D eigenvalue weighted by molar-refractivity contribution is 5.64. The Kier molecular flexibility index (Phi) is 25.1. The second-order valence-corrected chi connectivity index (χ2v) is 27.4. The number of rotatable bonds is 13. The zero-order valence-corrected chi connectivity index (χ0v) is 59.8. The van der Waals surface area contributed by atoms with Gasteiger partial charge in [0.15, 0.2) is 31.0 Å². The maximum atomic E-state index is 8.19. The fourth-order valence-corrected chi connectivity index (χ4v) is 11.6. The number of nitrogens with zero attached hydrogens (tertiary/aromatic N) is 5. The molecule has 0 saturated heterocycles. The van der Waals surface area contributed by atoms with Crippen LogP contribution in [0.1, 0.15) is 160 Å². The second kappa shape index (κ2) is 33.3. The topological polar surface area (TPSA) is 19.4 Å². The minimum absolute atomic E-state index is 0.0492. The number of benzene rings is 5. The summed E-state index contributed by atoms with van der Waals surface area (Å²) in [5, 5.41) is 0. The van der Waals surface area contributed by atoms with E-state index in [-0.39, 0.29) is 16.7 Å². The van der Waals surface area contributed by atoms with Gasteiger partial charge in [-0.2, -0.15) is 0 Å². The standard InChI is InChI=1S/C19H26N.3C17H22N.C16H20N/c1-6-19(4,7-2)16-12-13-18(20(5)14-16)17-11-9-8-10-15(17)3;1-13-8-6-7-9-15(13)16-11-10-14(12-18(16)5)17(2,3)4;2*1-13(2)11-15-9-10-17(18(4)12-15)16-8-6-5-7-14(16)3;1-12(2)14-9-10-16(17(4)11-14)15-8-6-5-7-13(15)3/h8-14H,6-7H2,1-5H3;6-12H,1-5H3;2*5-10,12-13H,11H2,1-4H3;5-12H,1-4H3/q5*+1/i;;11D2;;. The van der Waals surface area contributed by atoms with Crippen LogP contribution in [0.3, 0.4) is 0 Å². The molecule has 10 rings (SSSR count). The molecule has 5 nitrogen and oxygen atoms in total. The summed E-state index contributed by atoms with van der Waals surface area (Å²) >= 11 is 0. The first kappa shape index (κ1) is 68.8. The van der Waals surface area contributed by atoms with Gasteiger partial charge in [0.2, 0.25) is 28.5 Å². The Balaban J connectivity index is 0.000000185. The van der Waals surface area contributed by atoms with Crippen LogP contribution in [0.5, 0.6) is 0 Å². The van der Waals surface area contributed by atoms with E-state index in [1.54, 1.807) is 0 Å². The largest absolute Gasteiger partial charge is 0.212 e. The molecule has 91 heavy (non-hydrogen) atoms. The van der Waals surface area contributed by atoms with Gasteiger partial charge in [0.05, 0.1) is 0 Å². The van der Waals surface area contributed by atoms with E-state index < -0.39 is 6.37 Å². The smallest absolute Gasteiger partial charge is 0.201 e. The zero-order chi connectivity index (χ0) is 68.5. The second-order valence-electron chi connectivity index (χ2n) is 27.4.